The standard InChI is InChI=1S/C21H26BN5O2.ClH/c1-13-12-24-20(27-19(13)26-18-7-5-4-6-14(18)11-23)25-15-8-9-17-16(10-15)21(2,3)29-22(17)28;/h8-10,12,14,18,28H,4-7H2,1-3H3,(H2,24,25,26,27);1H/t14-,18+;/m0./s1. The predicted molar refractivity (Wildman–Crippen MR) is 120 cm³/mol. The maximum absolute atomic E-state index is 10.1. The van der Waals surface area contributed by atoms with Crippen LogP contribution in [-0.4, -0.2) is 28.2 Å². The van der Waals surface area contributed by atoms with Gasteiger partial charge < -0.3 is 20.3 Å². The summed E-state index contributed by atoms with van der Waals surface area (Å²) in [6.07, 6.45) is 5.93. The average molecular weight is 428 g/mol. The fourth-order valence-electron chi connectivity index (χ4n) is 4.19. The molecule has 2 heterocycles. The third-order valence-corrected chi connectivity index (χ3v) is 5.86. The third-order valence-electron chi connectivity index (χ3n) is 5.86. The van der Waals surface area contributed by atoms with E-state index in [1.54, 1.807) is 6.20 Å². The van der Waals surface area contributed by atoms with Crippen LogP contribution in [0.4, 0.5) is 17.5 Å². The van der Waals surface area contributed by atoms with Crippen LogP contribution < -0.4 is 16.1 Å². The van der Waals surface area contributed by atoms with Gasteiger partial charge in [0.2, 0.25) is 5.95 Å². The second-order valence-corrected chi connectivity index (χ2v) is 8.40. The van der Waals surface area contributed by atoms with E-state index in [4.69, 9.17) is 4.65 Å². The molecule has 0 amide bonds. The quantitative estimate of drug-likeness (QED) is 0.642. The van der Waals surface area contributed by atoms with Crippen LogP contribution in [0, 0.1) is 24.2 Å². The van der Waals surface area contributed by atoms with Gasteiger partial charge in [0.1, 0.15) is 5.82 Å². The maximum atomic E-state index is 10.1. The van der Waals surface area contributed by atoms with Crippen molar-refractivity contribution in [2.45, 2.75) is 58.1 Å². The Balaban J connectivity index is 0.00000256. The van der Waals surface area contributed by atoms with Crippen molar-refractivity contribution in [3.05, 3.63) is 35.5 Å². The van der Waals surface area contributed by atoms with Crippen LogP contribution in [0.1, 0.15) is 50.7 Å². The first kappa shape index (κ1) is 22.4. The highest BCUT2D eigenvalue weighted by Gasteiger charge is 2.40. The zero-order chi connectivity index (χ0) is 20.6. The SMILES string of the molecule is Cc1cnc(Nc2ccc3c(c2)C(C)(C)OB3O)nc1N[C@@H]1CCCC[C@H]1C#N.Cl. The van der Waals surface area contributed by atoms with E-state index in [9.17, 15) is 10.3 Å². The van der Waals surface area contributed by atoms with Gasteiger partial charge in [-0.15, -0.1) is 12.4 Å². The van der Waals surface area contributed by atoms with Crippen molar-refractivity contribution in [2.24, 2.45) is 5.92 Å². The molecule has 1 saturated carbocycles. The summed E-state index contributed by atoms with van der Waals surface area (Å²) in [6.45, 7) is 5.84. The molecule has 30 heavy (non-hydrogen) atoms. The summed E-state index contributed by atoms with van der Waals surface area (Å²) < 4.78 is 5.62. The molecule has 9 heteroatoms. The van der Waals surface area contributed by atoms with Gasteiger partial charge in [-0.1, -0.05) is 18.9 Å². The Bertz CT molecular complexity index is 965. The van der Waals surface area contributed by atoms with Gasteiger partial charge >= 0.3 is 7.12 Å². The van der Waals surface area contributed by atoms with E-state index in [-0.39, 0.29) is 24.4 Å². The molecule has 2 aromatic rings. The first-order valence-electron chi connectivity index (χ1n) is 10.1. The van der Waals surface area contributed by atoms with Crippen molar-refractivity contribution < 1.29 is 9.68 Å². The second-order valence-electron chi connectivity index (χ2n) is 8.40. The Morgan fingerprint density at radius 2 is 2.07 bits per heavy atom. The number of hydrogen-bond donors (Lipinski definition) is 3. The number of aryl methyl sites for hydroxylation is 1. The molecule has 0 unspecified atom stereocenters. The lowest BCUT2D eigenvalue weighted by Gasteiger charge is -2.28. The highest BCUT2D eigenvalue weighted by molar-refractivity contribution is 6.62. The zero-order valence-corrected chi connectivity index (χ0v) is 18.3. The minimum Gasteiger partial charge on any atom is -0.423 e. The molecule has 1 aromatic heterocycles. The number of halogens is 1. The van der Waals surface area contributed by atoms with E-state index in [1.807, 2.05) is 39.0 Å². The Morgan fingerprint density at radius 3 is 2.83 bits per heavy atom. The molecular weight excluding hydrogens is 401 g/mol. The van der Waals surface area contributed by atoms with Crippen molar-refractivity contribution in [2.75, 3.05) is 10.6 Å². The van der Waals surface area contributed by atoms with Gasteiger partial charge in [-0.2, -0.15) is 10.2 Å². The number of anilines is 3. The average Bonchev–Trinajstić information content (AvgIpc) is 2.93. The summed E-state index contributed by atoms with van der Waals surface area (Å²) in [5, 5.41) is 26.2. The molecule has 0 radical (unpaired) electrons. The molecule has 2 aliphatic rings. The van der Waals surface area contributed by atoms with Crippen LogP contribution in [0.5, 0.6) is 0 Å². The highest BCUT2D eigenvalue weighted by Crippen LogP contribution is 2.32. The molecule has 7 nitrogen and oxygen atoms in total. The number of fused-ring (bicyclic) bond motifs is 1. The monoisotopic (exact) mass is 427 g/mol. The van der Waals surface area contributed by atoms with Gasteiger partial charge in [-0.05, 0) is 56.8 Å². The summed E-state index contributed by atoms with van der Waals surface area (Å²) >= 11 is 0. The molecule has 0 bridgehead atoms. The first-order valence-corrected chi connectivity index (χ1v) is 10.1. The molecule has 4 rings (SSSR count). The Hall–Kier alpha value is -2.34. The molecular formula is C21H27BClN5O2. The minimum atomic E-state index is -0.899. The number of benzene rings is 1. The van der Waals surface area contributed by atoms with Crippen molar-refractivity contribution in [3.63, 3.8) is 0 Å². The van der Waals surface area contributed by atoms with Crippen molar-refractivity contribution in [1.82, 2.24) is 9.97 Å². The van der Waals surface area contributed by atoms with Crippen LogP contribution in [0.25, 0.3) is 0 Å². The summed E-state index contributed by atoms with van der Waals surface area (Å²) in [5.41, 5.74) is 2.95. The lowest BCUT2D eigenvalue weighted by atomic mass is 9.78. The maximum Gasteiger partial charge on any atom is 0.492 e. The van der Waals surface area contributed by atoms with E-state index in [0.29, 0.717) is 5.95 Å². The van der Waals surface area contributed by atoms with Crippen LogP contribution in [0.3, 0.4) is 0 Å². The third kappa shape index (κ3) is 4.39. The van der Waals surface area contributed by atoms with Gasteiger partial charge in [0.05, 0.1) is 17.6 Å². The number of nitriles is 1. The van der Waals surface area contributed by atoms with Gasteiger partial charge in [-0.25, -0.2) is 4.98 Å². The Labute approximate surface area is 183 Å². The van der Waals surface area contributed by atoms with E-state index < -0.39 is 12.7 Å². The lowest BCUT2D eigenvalue weighted by Crippen LogP contribution is -2.32. The van der Waals surface area contributed by atoms with Gasteiger partial charge in [0, 0.05) is 23.5 Å². The number of hydrogen-bond acceptors (Lipinski definition) is 7. The van der Waals surface area contributed by atoms with E-state index in [1.165, 1.54) is 0 Å². The van der Waals surface area contributed by atoms with Gasteiger partial charge in [0.15, 0.2) is 0 Å². The summed E-state index contributed by atoms with van der Waals surface area (Å²) in [6, 6.07) is 8.27. The Morgan fingerprint density at radius 1 is 1.30 bits per heavy atom. The van der Waals surface area contributed by atoms with E-state index in [0.717, 1.165) is 53.8 Å². The molecule has 2 atom stereocenters. The van der Waals surface area contributed by atoms with Crippen LogP contribution in [0.15, 0.2) is 24.4 Å². The molecule has 158 valence electrons. The van der Waals surface area contributed by atoms with Crippen molar-refractivity contribution in [1.29, 1.82) is 5.26 Å². The molecule has 3 N–H and O–H groups in total. The van der Waals surface area contributed by atoms with Crippen LogP contribution in [-0.2, 0) is 10.3 Å². The largest absolute Gasteiger partial charge is 0.492 e. The van der Waals surface area contributed by atoms with Gasteiger partial charge in [-0.3, -0.25) is 0 Å². The fourth-order valence-corrected chi connectivity index (χ4v) is 4.19. The van der Waals surface area contributed by atoms with Crippen molar-refractivity contribution >= 4 is 42.4 Å². The molecule has 1 aliphatic carbocycles. The smallest absolute Gasteiger partial charge is 0.423 e. The van der Waals surface area contributed by atoms with E-state index >= 15 is 0 Å². The highest BCUT2D eigenvalue weighted by atomic mass is 35.5. The summed E-state index contributed by atoms with van der Waals surface area (Å²) in [5.74, 6) is 1.26. The Kier molecular flexibility index (Phi) is 6.56. The van der Waals surface area contributed by atoms with Crippen LogP contribution >= 0.6 is 12.4 Å². The number of rotatable bonds is 4. The van der Waals surface area contributed by atoms with Crippen LogP contribution in [0.2, 0.25) is 0 Å². The second kappa shape index (κ2) is 8.80. The summed E-state index contributed by atoms with van der Waals surface area (Å²) in [7, 11) is -0.899. The lowest BCUT2D eigenvalue weighted by molar-refractivity contribution is 0.101. The summed E-state index contributed by atoms with van der Waals surface area (Å²) in [4.78, 5) is 9.06. The predicted octanol–water partition coefficient (Wildman–Crippen LogP) is 3.40. The minimum absolute atomic E-state index is 0. The number of nitrogens with zero attached hydrogens (tertiary/aromatic N) is 3. The molecule has 1 fully saturated rings. The molecule has 1 aliphatic heterocycles. The first-order chi connectivity index (χ1) is 13.9. The normalized spacial score (nSPS) is 21.9. The fraction of sp³-hybridized carbons (Fsp3) is 0.476. The van der Waals surface area contributed by atoms with Gasteiger partial charge in [0.25, 0.3) is 0 Å². The molecule has 1 aromatic carbocycles. The van der Waals surface area contributed by atoms with E-state index in [2.05, 4.69) is 26.7 Å². The number of aromatic nitrogens is 2. The molecule has 0 spiro atoms. The number of nitrogens with one attached hydrogen (secondary N) is 2. The topological polar surface area (TPSA) is 103 Å². The zero-order valence-electron chi connectivity index (χ0n) is 17.5. The molecule has 0 saturated heterocycles. The van der Waals surface area contributed by atoms with Crippen molar-refractivity contribution in [3.8, 4) is 6.07 Å².